The molecule has 0 spiro atoms. The van der Waals surface area contributed by atoms with Crippen molar-refractivity contribution in [1.29, 1.82) is 0 Å². The van der Waals surface area contributed by atoms with Crippen LogP contribution in [0.3, 0.4) is 0 Å². The average molecular weight is 313 g/mol. The van der Waals surface area contributed by atoms with Crippen molar-refractivity contribution in [3.8, 4) is 0 Å². The Bertz CT molecular complexity index is 686. The summed E-state index contributed by atoms with van der Waals surface area (Å²) in [5, 5.41) is 16.3. The standard InChI is InChI=1S/C12H15N3O5S/c1-13-8-2-3-11(15(17)18)10(6-8)12(16)14-9-4-5-21(19,20)7-9/h2-3,6,9,13H,4-5,7H2,1H3,(H,14,16). The number of nitro groups is 1. The highest BCUT2D eigenvalue weighted by atomic mass is 32.2. The molecule has 1 saturated heterocycles. The van der Waals surface area contributed by atoms with E-state index in [1.807, 2.05) is 0 Å². The van der Waals surface area contributed by atoms with Gasteiger partial charge in [-0.15, -0.1) is 0 Å². The van der Waals surface area contributed by atoms with Crippen LogP contribution in [-0.2, 0) is 9.84 Å². The Kier molecular flexibility index (Phi) is 4.12. The molecule has 1 amide bonds. The third kappa shape index (κ3) is 3.48. The zero-order chi connectivity index (χ0) is 15.6. The molecule has 8 nitrogen and oxygen atoms in total. The Hall–Kier alpha value is -2.16. The molecule has 0 bridgehead atoms. The predicted octanol–water partition coefficient (Wildman–Crippen LogP) is 0.553. The number of sulfone groups is 1. The average Bonchev–Trinajstić information content (AvgIpc) is 2.76. The van der Waals surface area contributed by atoms with E-state index in [9.17, 15) is 23.3 Å². The van der Waals surface area contributed by atoms with Crippen molar-refractivity contribution < 1.29 is 18.1 Å². The fraction of sp³-hybridized carbons (Fsp3) is 0.417. The maximum absolute atomic E-state index is 12.2. The van der Waals surface area contributed by atoms with Gasteiger partial charge in [0.2, 0.25) is 0 Å². The maximum Gasteiger partial charge on any atom is 0.282 e. The predicted molar refractivity (Wildman–Crippen MR) is 77.2 cm³/mol. The third-order valence-electron chi connectivity index (χ3n) is 3.29. The molecular weight excluding hydrogens is 298 g/mol. The summed E-state index contributed by atoms with van der Waals surface area (Å²) in [7, 11) is -1.49. The molecule has 0 radical (unpaired) electrons. The van der Waals surface area contributed by atoms with Crippen molar-refractivity contribution in [3.05, 3.63) is 33.9 Å². The van der Waals surface area contributed by atoms with E-state index < -0.39 is 26.7 Å². The van der Waals surface area contributed by atoms with Gasteiger partial charge in [0.1, 0.15) is 5.56 Å². The van der Waals surface area contributed by atoms with E-state index in [1.165, 1.54) is 18.2 Å². The first-order valence-corrected chi connectivity index (χ1v) is 8.12. The Labute approximate surface area is 121 Å². The Morgan fingerprint density at radius 1 is 1.43 bits per heavy atom. The molecule has 1 heterocycles. The van der Waals surface area contributed by atoms with Crippen molar-refractivity contribution >= 4 is 27.1 Å². The molecule has 1 fully saturated rings. The van der Waals surface area contributed by atoms with Gasteiger partial charge in [-0.05, 0) is 18.6 Å². The monoisotopic (exact) mass is 313 g/mol. The Morgan fingerprint density at radius 3 is 2.67 bits per heavy atom. The number of hydrogen-bond donors (Lipinski definition) is 2. The van der Waals surface area contributed by atoms with Gasteiger partial charge in [-0.25, -0.2) is 8.42 Å². The van der Waals surface area contributed by atoms with Gasteiger partial charge in [0, 0.05) is 24.8 Å². The first-order chi connectivity index (χ1) is 9.82. The minimum atomic E-state index is -3.12. The second-order valence-electron chi connectivity index (χ2n) is 4.81. The van der Waals surface area contributed by atoms with E-state index in [0.717, 1.165) is 0 Å². The number of hydrogen-bond acceptors (Lipinski definition) is 6. The molecule has 114 valence electrons. The summed E-state index contributed by atoms with van der Waals surface area (Å²) in [5.74, 6) is -0.740. The molecular formula is C12H15N3O5S. The van der Waals surface area contributed by atoms with E-state index in [4.69, 9.17) is 0 Å². The van der Waals surface area contributed by atoms with Crippen LogP contribution in [-0.4, -0.2) is 43.8 Å². The summed E-state index contributed by atoms with van der Waals surface area (Å²) < 4.78 is 22.7. The summed E-state index contributed by atoms with van der Waals surface area (Å²) in [6.07, 6.45) is 0.327. The summed E-state index contributed by atoms with van der Waals surface area (Å²) in [6, 6.07) is 3.61. The number of rotatable bonds is 4. The van der Waals surface area contributed by atoms with Gasteiger partial charge in [-0.3, -0.25) is 14.9 Å². The van der Waals surface area contributed by atoms with Crippen LogP contribution in [0.1, 0.15) is 16.8 Å². The van der Waals surface area contributed by atoms with Crippen molar-refractivity contribution in [2.45, 2.75) is 12.5 Å². The lowest BCUT2D eigenvalue weighted by Crippen LogP contribution is -2.35. The smallest absolute Gasteiger partial charge is 0.282 e. The van der Waals surface area contributed by atoms with E-state index >= 15 is 0 Å². The maximum atomic E-state index is 12.2. The molecule has 0 aliphatic carbocycles. The largest absolute Gasteiger partial charge is 0.388 e. The zero-order valence-corrected chi connectivity index (χ0v) is 12.1. The fourth-order valence-corrected chi connectivity index (χ4v) is 3.88. The third-order valence-corrected chi connectivity index (χ3v) is 5.06. The second-order valence-corrected chi connectivity index (χ2v) is 7.04. The first kappa shape index (κ1) is 15.2. The van der Waals surface area contributed by atoms with Crippen LogP contribution in [0.2, 0.25) is 0 Å². The summed E-state index contributed by atoms with van der Waals surface area (Å²) in [6.45, 7) is 0. The van der Waals surface area contributed by atoms with Gasteiger partial charge in [-0.2, -0.15) is 0 Å². The summed E-state index contributed by atoms with van der Waals surface area (Å²) >= 11 is 0. The highest BCUT2D eigenvalue weighted by molar-refractivity contribution is 7.91. The number of carbonyl (C=O) groups is 1. The van der Waals surface area contributed by atoms with Crippen LogP contribution >= 0.6 is 0 Å². The van der Waals surface area contributed by atoms with E-state index in [-0.39, 0.29) is 22.8 Å². The molecule has 1 aliphatic heterocycles. The lowest BCUT2D eigenvalue weighted by molar-refractivity contribution is -0.385. The van der Waals surface area contributed by atoms with E-state index in [0.29, 0.717) is 12.1 Å². The van der Waals surface area contributed by atoms with Crippen molar-refractivity contribution in [3.63, 3.8) is 0 Å². The molecule has 2 rings (SSSR count). The minimum Gasteiger partial charge on any atom is -0.388 e. The normalized spacial score (nSPS) is 20.0. The van der Waals surface area contributed by atoms with Gasteiger partial charge in [0.25, 0.3) is 11.6 Å². The van der Waals surface area contributed by atoms with Crippen molar-refractivity contribution in [2.75, 3.05) is 23.9 Å². The Balaban J connectivity index is 2.24. The number of carbonyl (C=O) groups excluding carboxylic acids is 1. The zero-order valence-electron chi connectivity index (χ0n) is 11.3. The lowest BCUT2D eigenvalue weighted by atomic mass is 10.1. The van der Waals surface area contributed by atoms with Crippen LogP contribution in [0.4, 0.5) is 11.4 Å². The second kappa shape index (κ2) is 5.68. The van der Waals surface area contributed by atoms with Crippen LogP contribution in [0.5, 0.6) is 0 Å². The summed E-state index contributed by atoms with van der Waals surface area (Å²) in [4.78, 5) is 22.5. The number of nitrogens with one attached hydrogen (secondary N) is 2. The van der Waals surface area contributed by atoms with Gasteiger partial charge in [-0.1, -0.05) is 0 Å². The van der Waals surface area contributed by atoms with Crippen LogP contribution in [0, 0.1) is 10.1 Å². The molecule has 1 atom stereocenters. The molecule has 1 aromatic carbocycles. The highest BCUT2D eigenvalue weighted by Crippen LogP contribution is 2.23. The molecule has 0 saturated carbocycles. The summed E-state index contributed by atoms with van der Waals surface area (Å²) in [5.41, 5.74) is 0.160. The van der Waals surface area contributed by atoms with Crippen LogP contribution < -0.4 is 10.6 Å². The molecule has 2 N–H and O–H groups in total. The topological polar surface area (TPSA) is 118 Å². The van der Waals surface area contributed by atoms with Gasteiger partial charge in [0.15, 0.2) is 9.84 Å². The number of amides is 1. The van der Waals surface area contributed by atoms with Gasteiger partial charge in [0.05, 0.1) is 16.4 Å². The molecule has 1 unspecified atom stereocenters. The number of nitro benzene ring substituents is 1. The van der Waals surface area contributed by atoms with Crippen molar-refractivity contribution in [1.82, 2.24) is 5.32 Å². The first-order valence-electron chi connectivity index (χ1n) is 6.30. The molecule has 9 heteroatoms. The highest BCUT2D eigenvalue weighted by Gasteiger charge is 2.30. The molecule has 1 aliphatic rings. The SMILES string of the molecule is CNc1ccc([N+](=O)[O-])c(C(=O)NC2CCS(=O)(=O)C2)c1. The quantitative estimate of drug-likeness (QED) is 0.619. The lowest BCUT2D eigenvalue weighted by Gasteiger charge is -2.11. The van der Waals surface area contributed by atoms with Gasteiger partial charge >= 0.3 is 0 Å². The number of anilines is 1. The fourth-order valence-electron chi connectivity index (χ4n) is 2.20. The van der Waals surface area contributed by atoms with E-state index in [1.54, 1.807) is 7.05 Å². The molecule has 0 aromatic heterocycles. The van der Waals surface area contributed by atoms with E-state index in [2.05, 4.69) is 10.6 Å². The van der Waals surface area contributed by atoms with Crippen molar-refractivity contribution in [2.24, 2.45) is 0 Å². The molecule has 1 aromatic rings. The Morgan fingerprint density at radius 2 is 2.14 bits per heavy atom. The number of nitrogens with zero attached hydrogens (tertiary/aromatic N) is 1. The number of benzene rings is 1. The molecule has 21 heavy (non-hydrogen) atoms. The van der Waals surface area contributed by atoms with Crippen LogP contribution in [0.15, 0.2) is 18.2 Å². The minimum absolute atomic E-state index is 0.0244. The van der Waals surface area contributed by atoms with Crippen LogP contribution in [0.25, 0.3) is 0 Å². The van der Waals surface area contributed by atoms with Gasteiger partial charge < -0.3 is 10.6 Å².